The number of rotatable bonds is 3. The summed E-state index contributed by atoms with van der Waals surface area (Å²) < 4.78 is 10.8. The van der Waals surface area contributed by atoms with E-state index in [9.17, 15) is 0 Å². The van der Waals surface area contributed by atoms with Crippen molar-refractivity contribution in [3.63, 3.8) is 0 Å². The molecular weight excluding hydrogens is 238 g/mol. The number of ether oxygens (including phenoxy) is 1. The van der Waals surface area contributed by atoms with E-state index in [4.69, 9.17) is 9.15 Å². The molecule has 94 valence electrons. The fraction of sp³-hybridized carbons (Fsp3) is 0.0625. The Labute approximate surface area is 111 Å². The molecule has 0 atom stereocenters. The molecule has 2 aromatic carbocycles. The van der Waals surface area contributed by atoms with E-state index in [2.05, 4.69) is 4.98 Å². The van der Waals surface area contributed by atoms with Crippen LogP contribution in [-0.4, -0.2) is 12.1 Å². The maximum absolute atomic E-state index is 5.53. The average Bonchev–Trinajstić information content (AvgIpc) is 2.98. The summed E-state index contributed by atoms with van der Waals surface area (Å²) in [6, 6.07) is 17.7. The maximum Gasteiger partial charge on any atom is 0.182 e. The second-order valence-corrected chi connectivity index (χ2v) is 4.13. The Morgan fingerprint density at radius 3 is 2.53 bits per heavy atom. The fourth-order valence-electron chi connectivity index (χ4n) is 2.02. The van der Waals surface area contributed by atoms with Crippen molar-refractivity contribution in [3.8, 4) is 28.3 Å². The van der Waals surface area contributed by atoms with Gasteiger partial charge in [-0.15, -0.1) is 0 Å². The highest BCUT2D eigenvalue weighted by Gasteiger charge is 2.12. The molecule has 3 rings (SSSR count). The lowest BCUT2D eigenvalue weighted by Gasteiger charge is -2.04. The Morgan fingerprint density at radius 2 is 1.74 bits per heavy atom. The van der Waals surface area contributed by atoms with E-state index < -0.39 is 0 Å². The minimum absolute atomic E-state index is 0.772. The third kappa shape index (κ3) is 2.22. The van der Waals surface area contributed by atoms with Gasteiger partial charge in [0, 0.05) is 11.1 Å². The molecular formula is C16H13NO2. The zero-order valence-corrected chi connectivity index (χ0v) is 10.5. The molecule has 0 N–H and O–H groups in total. The zero-order chi connectivity index (χ0) is 13.1. The Kier molecular flexibility index (Phi) is 3.02. The van der Waals surface area contributed by atoms with Gasteiger partial charge >= 0.3 is 0 Å². The van der Waals surface area contributed by atoms with E-state index in [1.165, 1.54) is 6.39 Å². The highest BCUT2D eigenvalue weighted by molar-refractivity contribution is 5.77. The third-order valence-electron chi connectivity index (χ3n) is 2.95. The van der Waals surface area contributed by atoms with Gasteiger partial charge in [-0.2, -0.15) is 0 Å². The van der Waals surface area contributed by atoms with Gasteiger partial charge in [-0.25, -0.2) is 4.98 Å². The normalized spacial score (nSPS) is 10.4. The number of methoxy groups -OCH3 is 1. The van der Waals surface area contributed by atoms with E-state index in [0.29, 0.717) is 0 Å². The van der Waals surface area contributed by atoms with Crippen LogP contribution in [0.15, 0.2) is 65.4 Å². The molecule has 0 amide bonds. The van der Waals surface area contributed by atoms with Crippen LogP contribution in [0.5, 0.6) is 5.75 Å². The average molecular weight is 251 g/mol. The lowest BCUT2D eigenvalue weighted by Crippen LogP contribution is -1.85. The van der Waals surface area contributed by atoms with Gasteiger partial charge in [0.15, 0.2) is 12.2 Å². The summed E-state index contributed by atoms with van der Waals surface area (Å²) in [7, 11) is 1.65. The topological polar surface area (TPSA) is 35.3 Å². The van der Waals surface area contributed by atoms with E-state index in [-0.39, 0.29) is 0 Å². The molecule has 3 heteroatoms. The van der Waals surface area contributed by atoms with Crippen LogP contribution in [0.3, 0.4) is 0 Å². The van der Waals surface area contributed by atoms with E-state index >= 15 is 0 Å². The van der Waals surface area contributed by atoms with Crippen LogP contribution < -0.4 is 4.74 Å². The quantitative estimate of drug-likeness (QED) is 0.705. The van der Waals surface area contributed by atoms with Crippen molar-refractivity contribution in [2.75, 3.05) is 7.11 Å². The molecule has 0 saturated heterocycles. The smallest absolute Gasteiger partial charge is 0.182 e. The van der Waals surface area contributed by atoms with Crippen molar-refractivity contribution in [1.29, 1.82) is 0 Å². The molecule has 0 aliphatic rings. The molecule has 1 aromatic heterocycles. The van der Waals surface area contributed by atoms with Crippen molar-refractivity contribution < 1.29 is 9.15 Å². The van der Waals surface area contributed by atoms with Gasteiger partial charge in [0.05, 0.1) is 7.11 Å². The highest BCUT2D eigenvalue weighted by Crippen LogP contribution is 2.32. The first-order valence-electron chi connectivity index (χ1n) is 6.02. The van der Waals surface area contributed by atoms with Crippen molar-refractivity contribution in [1.82, 2.24) is 4.98 Å². The summed E-state index contributed by atoms with van der Waals surface area (Å²) in [6.45, 7) is 0. The molecule has 0 aliphatic heterocycles. The molecule has 0 radical (unpaired) electrons. The van der Waals surface area contributed by atoms with Crippen molar-refractivity contribution in [2.45, 2.75) is 0 Å². The Hall–Kier alpha value is -2.55. The number of nitrogens with zero attached hydrogens (tertiary/aromatic N) is 1. The minimum atomic E-state index is 0.772. The summed E-state index contributed by atoms with van der Waals surface area (Å²) in [6.07, 6.45) is 1.47. The van der Waals surface area contributed by atoms with E-state index in [0.717, 1.165) is 28.3 Å². The first kappa shape index (κ1) is 11.5. The summed E-state index contributed by atoms with van der Waals surface area (Å²) in [5.74, 6) is 1.58. The number of hydrogen-bond acceptors (Lipinski definition) is 3. The van der Waals surface area contributed by atoms with Crippen LogP contribution in [0.4, 0.5) is 0 Å². The highest BCUT2D eigenvalue weighted by atomic mass is 16.5. The molecule has 0 bridgehead atoms. The van der Waals surface area contributed by atoms with Crippen molar-refractivity contribution in [3.05, 3.63) is 61.0 Å². The molecule has 0 saturated carbocycles. The van der Waals surface area contributed by atoms with Crippen LogP contribution >= 0.6 is 0 Å². The predicted molar refractivity (Wildman–Crippen MR) is 73.9 cm³/mol. The van der Waals surface area contributed by atoms with Crippen LogP contribution in [0.25, 0.3) is 22.6 Å². The van der Waals surface area contributed by atoms with Gasteiger partial charge in [-0.05, 0) is 12.1 Å². The summed E-state index contributed by atoms with van der Waals surface area (Å²) in [5, 5.41) is 0. The Bertz CT molecular complexity index is 674. The van der Waals surface area contributed by atoms with Crippen molar-refractivity contribution in [2.24, 2.45) is 0 Å². The number of oxazole rings is 1. The molecule has 0 spiro atoms. The Morgan fingerprint density at radius 1 is 0.947 bits per heavy atom. The number of aromatic nitrogens is 1. The summed E-state index contributed by atoms with van der Waals surface area (Å²) >= 11 is 0. The monoisotopic (exact) mass is 251 g/mol. The zero-order valence-electron chi connectivity index (χ0n) is 10.5. The SMILES string of the molecule is COc1cccc(-c2ncoc2-c2ccccc2)c1. The molecule has 1 heterocycles. The number of benzene rings is 2. The number of hydrogen-bond donors (Lipinski definition) is 0. The van der Waals surface area contributed by atoms with Gasteiger partial charge in [-0.1, -0.05) is 42.5 Å². The van der Waals surface area contributed by atoms with Gasteiger partial charge in [-0.3, -0.25) is 0 Å². The van der Waals surface area contributed by atoms with Crippen molar-refractivity contribution >= 4 is 0 Å². The standard InChI is InChI=1S/C16H13NO2/c1-18-14-9-5-8-13(10-14)15-16(19-11-17-15)12-6-3-2-4-7-12/h2-11H,1H3. The Balaban J connectivity index is 2.09. The second-order valence-electron chi connectivity index (χ2n) is 4.13. The lowest BCUT2D eigenvalue weighted by molar-refractivity contribution is 0.415. The third-order valence-corrected chi connectivity index (χ3v) is 2.95. The predicted octanol–water partition coefficient (Wildman–Crippen LogP) is 4.02. The molecule has 0 fully saturated rings. The maximum atomic E-state index is 5.53. The van der Waals surface area contributed by atoms with E-state index in [1.54, 1.807) is 7.11 Å². The van der Waals surface area contributed by atoms with Gasteiger partial charge in [0.2, 0.25) is 0 Å². The molecule has 3 aromatic rings. The molecule has 0 aliphatic carbocycles. The van der Waals surface area contributed by atoms with Crippen LogP contribution in [0, 0.1) is 0 Å². The van der Waals surface area contributed by atoms with Gasteiger partial charge < -0.3 is 9.15 Å². The second kappa shape index (κ2) is 4.98. The first-order chi connectivity index (χ1) is 9.38. The van der Waals surface area contributed by atoms with Crippen LogP contribution in [0.2, 0.25) is 0 Å². The largest absolute Gasteiger partial charge is 0.497 e. The molecule has 3 nitrogen and oxygen atoms in total. The van der Waals surface area contributed by atoms with Gasteiger partial charge in [0.25, 0.3) is 0 Å². The van der Waals surface area contributed by atoms with Gasteiger partial charge in [0.1, 0.15) is 11.4 Å². The first-order valence-corrected chi connectivity index (χ1v) is 6.02. The lowest BCUT2D eigenvalue weighted by atomic mass is 10.1. The van der Waals surface area contributed by atoms with Crippen LogP contribution in [-0.2, 0) is 0 Å². The molecule has 0 unspecified atom stereocenters. The van der Waals surface area contributed by atoms with E-state index in [1.807, 2.05) is 54.6 Å². The fourth-order valence-corrected chi connectivity index (χ4v) is 2.02. The van der Waals surface area contributed by atoms with Crippen LogP contribution in [0.1, 0.15) is 0 Å². The summed E-state index contributed by atoms with van der Waals surface area (Å²) in [4.78, 5) is 4.32. The molecule has 19 heavy (non-hydrogen) atoms. The minimum Gasteiger partial charge on any atom is -0.497 e. The summed E-state index contributed by atoms with van der Waals surface area (Å²) in [5.41, 5.74) is 2.81.